The molecule has 0 radical (unpaired) electrons. The van der Waals surface area contributed by atoms with Crippen molar-refractivity contribution in [3.63, 3.8) is 0 Å². The Balaban J connectivity index is 0. The number of rotatable bonds is 0. The Morgan fingerprint density at radius 2 is 1.69 bits per heavy atom. The summed E-state index contributed by atoms with van der Waals surface area (Å²) in [5.74, 6) is 0. The fourth-order valence-electron chi connectivity index (χ4n) is 1.07. The molecule has 13 heavy (non-hydrogen) atoms. The molecule has 0 aromatic rings. The van der Waals surface area contributed by atoms with Crippen molar-refractivity contribution < 1.29 is 60.9 Å². The second-order valence-electron chi connectivity index (χ2n) is 3.04. The predicted molar refractivity (Wildman–Crippen MR) is 53.2 cm³/mol. The fourth-order valence-corrected chi connectivity index (χ4v) is 1.07. The zero-order chi connectivity index (χ0) is 9.56. The second kappa shape index (κ2) is 10.1. The van der Waals surface area contributed by atoms with Gasteiger partial charge >= 0.3 is 51.4 Å². The molecule has 2 unspecified atom stereocenters. The average Bonchev–Trinajstić information content (AvgIpc) is 1.84. The summed E-state index contributed by atoms with van der Waals surface area (Å²) in [5, 5.41) is -0.139. The molecule has 0 aliphatic carbocycles. The Morgan fingerprint density at radius 1 is 1.38 bits per heavy atom. The van der Waals surface area contributed by atoms with Gasteiger partial charge in [-0.05, 0) is 13.8 Å². The Bertz CT molecular complexity index is 130. The summed E-state index contributed by atoms with van der Waals surface area (Å²) in [6.07, 6.45) is 5.48. The molecule has 0 aromatic carbocycles. The molecule has 72 valence electrons. The van der Waals surface area contributed by atoms with E-state index in [1.165, 1.54) is 6.92 Å². The van der Waals surface area contributed by atoms with E-state index >= 15 is 0 Å². The molecule has 2 atom stereocenters. The molecule has 1 fully saturated rings. The van der Waals surface area contributed by atoms with Gasteiger partial charge in [0.25, 0.3) is 0 Å². The van der Waals surface area contributed by atoms with Crippen molar-refractivity contribution >= 4 is 17.7 Å². The van der Waals surface area contributed by atoms with E-state index in [9.17, 15) is 4.79 Å². The number of ether oxygens (including phenoxy) is 1. The molecule has 0 saturated carbocycles. The summed E-state index contributed by atoms with van der Waals surface area (Å²) in [5.41, 5.74) is 0. The molecule has 0 N–H and O–H groups in total. The van der Waals surface area contributed by atoms with E-state index < -0.39 is 0 Å². The van der Waals surface area contributed by atoms with E-state index in [-0.39, 0.29) is 56.5 Å². The molecular formula is C9H17KO2S. The van der Waals surface area contributed by atoms with E-state index in [4.69, 9.17) is 4.74 Å². The number of thiol groups is 1. The summed E-state index contributed by atoms with van der Waals surface area (Å²) in [7, 11) is 0. The molecular weight excluding hydrogens is 211 g/mol. The fraction of sp³-hybridized carbons (Fsp3) is 0.778. The summed E-state index contributed by atoms with van der Waals surface area (Å²) in [6, 6.07) is 0. The third kappa shape index (κ3) is 13.6. The smallest absolute Gasteiger partial charge is 0.381 e. The minimum atomic E-state index is -0.139. The SMILES string of the molecule is CC(=O)S.CC1C[CH-]CC(C)O1.[K+]. The zero-order valence-corrected chi connectivity index (χ0v) is 12.9. The molecule has 0 aromatic heterocycles. The van der Waals surface area contributed by atoms with Crippen molar-refractivity contribution in [2.24, 2.45) is 0 Å². The van der Waals surface area contributed by atoms with E-state index in [1.54, 1.807) is 0 Å². The van der Waals surface area contributed by atoms with Crippen molar-refractivity contribution in [2.45, 2.75) is 45.8 Å². The van der Waals surface area contributed by atoms with Gasteiger partial charge in [0.05, 0.1) is 0 Å². The largest absolute Gasteiger partial charge is 1.00 e. The first-order valence-electron chi connectivity index (χ1n) is 4.19. The van der Waals surface area contributed by atoms with Crippen LogP contribution in [-0.2, 0) is 9.53 Å². The minimum Gasteiger partial charge on any atom is -0.381 e. The van der Waals surface area contributed by atoms with Gasteiger partial charge < -0.3 is 11.2 Å². The van der Waals surface area contributed by atoms with E-state index in [0.29, 0.717) is 12.2 Å². The predicted octanol–water partition coefficient (Wildman–Crippen LogP) is -0.755. The van der Waals surface area contributed by atoms with Gasteiger partial charge in [0.15, 0.2) is 5.12 Å². The number of carbonyl (C=O) groups is 1. The molecule has 1 heterocycles. The van der Waals surface area contributed by atoms with Gasteiger partial charge in [-0.25, -0.2) is 0 Å². The Hall–Kier alpha value is 1.62. The number of carbonyl (C=O) groups excluding carboxylic acids is 1. The summed E-state index contributed by atoms with van der Waals surface area (Å²) >= 11 is 3.33. The van der Waals surface area contributed by atoms with Crippen LogP contribution in [0.15, 0.2) is 0 Å². The van der Waals surface area contributed by atoms with Crippen molar-refractivity contribution in [3.8, 4) is 0 Å². The van der Waals surface area contributed by atoms with Crippen LogP contribution in [-0.4, -0.2) is 17.3 Å². The van der Waals surface area contributed by atoms with Crippen LogP contribution in [0.2, 0.25) is 0 Å². The van der Waals surface area contributed by atoms with Crippen LogP contribution < -0.4 is 51.4 Å². The van der Waals surface area contributed by atoms with Crippen LogP contribution in [0.1, 0.15) is 33.6 Å². The molecule has 0 amide bonds. The molecule has 0 bridgehead atoms. The van der Waals surface area contributed by atoms with Gasteiger partial charge in [0, 0.05) is 19.1 Å². The first kappa shape index (κ1) is 17.0. The average molecular weight is 228 g/mol. The van der Waals surface area contributed by atoms with Crippen LogP contribution in [0.25, 0.3) is 0 Å². The van der Waals surface area contributed by atoms with Gasteiger partial charge in [-0.2, -0.15) is 12.8 Å². The maximum absolute atomic E-state index is 9.31. The third-order valence-electron chi connectivity index (χ3n) is 1.46. The molecule has 1 aliphatic rings. The quantitative estimate of drug-likeness (QED) is 0.335. The molecule has 1 aliphatic heterocycles. The van der Waals surface area contributed by atoms with Crippen LogP contribution in [0.3, 0.4) is 0 Å². The Kier molecular flexibility index (Phi) is 13.3. The molecule has 2 nitrogen and oxygen atoms in total. The van der Waals surface area contributed by atoms with Crippen molar-refractivity contribution in [1.29, 1.82) is 0 Å². The van der Waals surface area contributed by atoms with Gasteiger partial charge in [0.1, 0.15) is 0 Å². The summed E-state index contributed by atoms with van der Waals surface area (Å²) in [6.45, 7) is 5.63. The normalized spacial score (nSPS) is 26.5. The van der Waals surface area contributed by atoms with Crippen LogP contribution >= 0.6 is 12.6 Å². The zero-order valence-electron chi connectivity index (χ0n) is 8.91. The summed E-state index contributed by atoms with van der Waals surface area (Å²) in [4.78, 5) is 9.31. The number of hydrogen-bond donors (Lipinski definition) is 1. The van der Waals surface area contributed by atoms with Gasteiger partial charge in [0.2, 0.25) is 0 Å². The van der Waals surface area contributed by atoms with Crippen molar-refractivity contribution in [2.75, 3.05) is 0 Å². The molecule has 1 rings (SSSR count). The number of hydrogen-bond acceptors (Lipinski definition) is 2. The van der Waals surface area contributed by atoms with Crippen molar-refractivity contribution in [3.05, 3.63) is 6.42 Å². The maximum Gasteiger partial charge on any atom is 1.00 e. The molecule has 0 spiro atoms. The van der Waals surface area contributed by atoms with E-state index in [1.807, 2.05) is 0 Å². The molecule has 4 heteroatoms. The van der Waals surface area contributed by atoms with Gasteiger partial charge in [-0.3, -0.25) is 4.79 Å². The standard InChI is InChI=1S/C7H13O.C2H4OS.K/c1-6-4-3-5-7(2)8-6;1-2(3)4;/h3,6-7H,4-5H2,1-2H3;1H3,(H,3,4);/q-1;;+1. The first-order chi connectivity index (χ1) is 5.52. The van der Waals surface area contributed by atoms with Crippen LogP contribution in [0, 0.1) is 6.42 Å². The van der Waals surface area contributed by atoms with Gasteiger partial charge in [-0.1, -0.05) is 0 Å². The summed E-state index contributed by atoms with van der Waals surface area (Å²) < 4.78 is 5.45. The van der Waals surface area contributed by atoms with E-state index in [0.717, 1.165) is 12.8 Å². The third-order valence-corrected chi connectivity index (χ3v) is 1.46. The molecule has 1 saturated heterocycles. The Morgan fingerprint density at radius 3 is 1.85 bits per heavy atom. The van der Waals surface area contributed by atoms with Gasteiger partial charge in [-0.15, -0.1) is 12.6 Å². The monoisotopic (exact) mass is 228 g/mol. The topological polar surface area (TPSA) is 26.3 Å². The second-order valence-corrected chi connectivity index (χ2v) is 3.67. The Labute approximate surface area is 129 Å². The van der Waals surface area contributed by atoms with E-state index in [2.05, 4.69) is 32.9 Å². The van der Waals surface area contributed by atoms with Crippen LogP contribution in [0.4, 0.5) is 0 Å². The first-order valence-corrected chi connectivity index (χ1v) is 4.63. The van der Waals surface area contributed by atoms with Crippen LogP contribution in [0.5, 0.6) is 0 Å². The van der Waals surface area contributed by atoms with Crippen molar-refractivity contribution in [1.82, 2.24) is 0 Å². The maximum atomic E-state index is 9.31. The minimum absolute atomic E-state index is 0.